The van der Waals surface area contributed by atoms with Gasteiger partial charge in [-0.2, -0.15) is 0 Å². The van der Waals surface area contributed by atoms with E-state index in [1.165, 1.54) is 6.92 Å². The summed E-state index contributed by atoms with van der Waals surface area (Å²) in [5.41, 5.74) is 1.16. The maximum absolute atomic E-state index is 11.3. The largest absolute Gasteiger partial charge is 0.488 e. The molecule has 0 radical (unpaired) electrons. The number of aldehydes is 1. The van der Waals surface area contributed by atoms with E-state index >= 15 is 0 Å². The Morgan fingerprint density at radius 2 is 1.82 bits per heavy atom. The molecule has 0 spiro atoms. The minimum Gasteiger partial charge on any atom is -0.488 e. The van der Waals surface area contributed by atoms with E-state index in [2.05, 4.69) is 0 Å². The summed E-state index contributed by atoms with van der Waals surface area (Å²) in [5.74, 6) is -0.558. The second kappa shape index (κ2) is 7.26. The number of aliphatic carboxylic acids is 1. The van der Waals surface area contributed by atoms with Crippen LogP contribution < -0.4 is 9.47 Å². The average molecular weight is 300 g/mol. The lowest BCUT2D eigenvalue weighted by Crippen LogP contribution is -2.23. The molecule has 0 heterocycles. The highest BCUT2D eigenvalue weighted by Gasteiger charge is 2.17. The number of carboxylic acids is 1. The van der Waals surface area contributed by atoms with Gasteiger partial charge in [-0.15, -0.1) is 0 Å². The molecule has 0 saturated heterocycles. The molecule has 2 aromatic carbocycles. The van der Waals surface area contributed by atoms with Crippen molar-refractivity contribution in [2.75, 3.05) is 0 Å². The topological polar surface area (TPSA) is 72.8 Å². The molecule has 0 saturated carbocycles. The van der Waals surface area contributed by atoms with Crippen LogP contribution in [0, 0.1) is 0 Å². The summed E-state index contributed by atoms with van der Waals surface area (Å²) in [4.78, 5) is 22.2. The van der Waals surface area contributed by atoms with Gasteiger partial charge in [-0.3, -0.25) is 4.79 Å². The van der Waals surface area contributed by atoms with Gasteiger partial charge in [0.1, 0.15) is 18.1 Å². The van der Waals surface area contributed by atoms with Crippen LogP contribution in [-0.4, -0.2) is 23.5 Å². The Labute approximate surface area is 128 Å². The molecule has 1 N–H and O–H groups in total. The lowest BCUT2D eigenvalue weighted by atomic mass is 10.2. The fourth-order valence-electron chi connectivity index (χ4n) is 1.84. The van der Waals surface area contributed by atoms with Crippen molar-refractivity contribution in [3.63, 3.8) is 0 Å². The first-order chi connectivity index (χ1) is 10.6. The molecule has 1 atom stereocenters. The molecule has 22 heavy (non-hydrogen) atoms. The number of benzene rings is 2. The summed E-state index contributed by atoms with van der Waals surface area (Å²) >= 11 is 0. The van der Waals surface area contributed by atoms with Crippen molar-refractivity contribution < 1.29 is 24.2 Å². The molecule has 1 unspecified atom stereocenters. The monoisotopic (exact) mass is 300 g/mol. The van der Waals surface area contributed by atoms with E-state index in [9.17, 15) is 9.59 Å². The molecule has 0 bridgehead atoms. The number of carboxylic acid groups (broad SMARTS) is 1. The van der Waals surface area contributed by atoms with Crippen molar-refractivity contribution in [3.05, 3.63) is 59.7 Å². The molecule has 0 aliphatic carbocycles. The number of hydrogen-bond acceptors (Lipinski definition) is 4. The summed E-state index contributed by atoms with van der Waals surface area (Å²) in [6.07, 6.45) is -0.451. The molecular weight excluding hydrogens is 284 g/mol. The lowest BCUT2D eigenvalue weighted by Gasteiger charge is -2.15. The van der Waals surface area contributed by atoms with E-state index in [4.69, 9.17) is 14.6 Å². The Morgan fingerprint density at radius 3 is 2.45 bits per heavy atom. The molecule has 2 aromatic rings. The lowest BCUT2D eigenvalue weighted by molar-refractivity contribution is -0.144. The van der Waals surface area contributed by atoms with Crippen molar-refractivity contribution in [1.29, 1.82) is 0 Å². The first kappa shape index (κ1) is 15.6. The highest BCUT2D eigenvalue weighted by atomic mass is 16.5. The number of carbonyl (C=O) groups is 2. The van der Waals surface area contributed by atoms with Gasteiger partial charge in [0, 0.05) is 0 Å². The van der Waals surface area contributed by atoms with Crippen LogP contribution in [0.5, 0.6) is 11.5 Å². The van der Waals surface area contributed by atoms with E-state index in [1.807, 2.05) is 30.3 Å². The number of carbonyl (C=O) groups excluding carboxylic acids is 1. The van der Waals surface area contributed by atoms with Crippen molar-refractivity contribution in [2.24, 2.45) is 0 Å². The fraction of sp³-hybridized carbons (Fsp3) is 0.176. The number of hydrogen-bond donors (Lipinski definition) is 1. The van der Waals surface area contributed by atoms with Crippen molar-refractivity contribution >= 4 is 12.3 Å². The predicted octanol–water partition coefficient (Wildman–Crippen LogP) is 2.93. The van der Waals surface area contributed by atoms with Crippen LogP contribution >= 0.6 is 0 Å². The van der Waals surface area contributed by atoms with E-state index in [-0.39, 0.29) is 11.3 Å². The van der Waals surface area contributed by atoms with E-state index in [1.54, 1.807) is 18.2 Å². The van der Waals surface area contributed by atoms with E-state index < -0.39 is 12.1 Å². The Morgan fingerprint density at radius 1 is 1.14 bits per heavy atom. The van der Waals surface area contributed by atoms with Gasteiger partial charge in [0.15, 0.2) is 12.4 Å². The van der Waals surface area contributed by atoms with Crippen LogP contribution in [0.25, 0.3) is 0 Å². The molecule has 0 fully saturated rings. The second-order valence-corrected chi connectivity index (χ2v) is 4.66. The molecule has 0 aliphatic heterocycles. The number of rotatable bonds is 7. The van der Waals surface area contributed by atoms with Gasteiger partial charge in [-0.05, 0) is 24.6 Å². The van der Waals surface area contributed by atoms with Crippen LogP contribution in [0.15, 0.2) is 48.5 Å². The van der Waals surface area contributed by atoms with E-state index in [0.717, 1.165) is 5.56 Å². The van der Waals surface area contributed by atoms with Crippen LogP contribution in [0.2, 0.25) is 0 Å². The average Bonchev–Trinajstić information content (AvgIpc) is 2.53. The van der Waals surface area contributed by atoms with Gasteiger partial charge in [-0.1, -0.05) is 36.4 Å². The van der Waals surface area contributed by atoms with Crippen molar-refractivity contribution in [2.45, 2.75) is 19.6 Å². The van der Waals surface area contributed by atoms with Gasteiger partial charge in [-0.25, -0.2) is 4.79 Å². The number of ether oxygens (including phenoxy) is 2. The zero-order valence-electron chi connectivity index (χ0n) is 12.1. The van der Waals surface area contributed by atoms with Gasteiger partial charge in [0.2, 0.25) is 0 Å². The Balaban J connectivity index is 2.17. The summed E-state index contributed by atoms with van der Waals surface area (Å²) in [5, 5.41) is 8.88. The Bertz CT molecular complexity index is 651. The first-order valence-electron chi connectivity index (χ1n) is 6.76. The zero-order chi connectivity index (χ0) is 15.9. The summed E-state index contributed by atoms with van der Waals surface area (Å²) in [7, 11) is 0. The smallest absolute Gasteiger partial charge is 0.344 e. The SMILES string of the molecule is CC(Oc1cccc(OCc2ccccc2)c1C=O)C(=O)O. The molecule has 5 nitrogen and oxygen atoms in total. The van der Waals surface area contributed by atoms with Crippen molar-refractivity contribution in [1.82, 2.24) is 0 Å². The molecule has 114 valence electrons. The summed E-state index contributed by atoms with van der Waals surface area (Å²) in [6.45, 7) is 1.70. The summed E-state index contributed by atoms with van der Waals surface area (Å²) < 4.78 is 10.9. The first-order valence-corrected chi connectivity index (χ1v) is 6.76. The maximum atomic E-state index is 11.3. The molecule has 2 rings (SSSR count). The standard InChI is InChI=1S/C17H16O5/c1-12(17(19)20)22-16-9-5-8-15(14(16)10-18)21-11-13-6-3-2-4-7-13/h2-10,12H,11H2,1H3,(H,19,20). The van der Waals surface area contributed by atoms with Crippen LogP contribution in [0.3, 0.4) is 0 Å². The third-order valence-electron chi connectivity index (χ3n) is 3.03. The highest BCUT2D eigenvalue weighted by molar-refractivity contribution is 5.84. The Hall–Kier alpha value is -2.82. The van der Waals surface area contributed by atoms with Crippen LogP contribution in [0.1, 0.15) is 22.8 Å². The highest BCUT2D eigenvalue weighted by Crippen LogP contribution is 2.28. The minimum atomic E-state index is -1.10. The molecular formula is C17H16O5. The van der Waals surface area contributed by atoms with Gasteiger partial charge in [0.25, 0.3) is 0 Å². The molecule has 5 heteroatoms. The third kappa shape index (κ3) is 3.85. The quantitative estimate of drug-likeness (QED) is 0.796. The zero-order valence-corrected chi connectivity index (χ0v) is 12.1. The maximum Gasteiger partial charge on any atom is 0.344 e. The van der Waals surface area contributed by atoms with Gasteiger partial charge < -0.3 is 14.6 Å². The normalized spacial score (nSPS) is 11.5. The minimum absolute atomic E-state index is 0.190. The van der Waals surface area contributed by atoms with Gasteiger partial charge >= 0.3 is 5.97 Å². The molecule has 0 aromatic heterocycles. The van der Waals surface area contributed by atoms with Crippen LogP contribution in [0.4, 0.5) is 0 Å². The van der Waals surface area contributed by atoms with Crippen LogP contribution in [-0.2, 0) is 11.4 Å². The third-order valence-corrected chi connectivity index (χ3v) is 3.03. The second-order valence-electron chi connectivity index (χ2n) is 4.66. The molecule has 0 amide bonds. The van der Waals surface area contributed by atoms with Gasteiger partial charge in [0.05, 0.1) is 5.56 Å². The summed E-state index contributed by atoms with van der Waals surface area (Å²) in [6, 6.07) is 14.4. The Kier molecular flexibility index (Phi) is 5.14. The predicted molar refractivity (Wildman–Crippen MR) is 80.3 cm³/mol. The fourth-order valence-corrected chi connectivity index (χ4v) is 1.84. The molecule has 0 aliphatic rings. The van der Waals surface area contributed by atoms with E-state index in [0.29, 0.717) is 18.6 Å². The van der Waals surface area contributed by atoms with Crippen molar-refractivity contribution in [3.8, 4) is 11.5 Å².